The minimum absolute atomic E-state index is 0.0201. The first-order valence-corrected chi connectivity index (χ1v) is 13.8. The Labute approximate surface area is 204 Å². The van der Waals surface area contributed by atoms with E-state index in [0.717, 1.165) is 30.7 Å². The van der Waals surface area contributed by atoms with Gasteiger partial charge in [-0.25, -0.2) is 13.4 Å². The zero-order valence-corrected chi connectivity index (χ0v) is 22.0. The Morgan fingerprint density at radius 3 is 2.53 bits per heavy atom. The van der Waals surface area contributed by atoms with Crippen LogP contribution in [0, 0.1) is 11.3 Å². The summed E-state index contributed by atoms with van der Waals surface area (Å²) in [5, 5.41) is 0.0698. The van der Waals surface area contributed by atoms with Gasteiger partial charge in [-0.2, -0.15) is 0 Å². The van der Waals surface area contributed by atoms with Gasteiger partial charge < -0.3 is 14.2 Å². The molecule has 34 heavy (non-hydrogen) atoms. The fraction of sp³-hybridized carbons (Fsp3) is 0.615. The van der Waals surface area contributed by atoms with Gasteiger partial charge in [0.05, 0.1) is 30.3 Å². The predicted molar refractivity (Wildman–Crippen MR) is 133 cm³/mol. The number of benzene rings is 1. The molecule has 1 atom stereocenters. The van der Waals surface area contributed by atoms with Crippen molar-refractivity contribution in [1.82, 2.24) is 14.5 Å². The van der Waals surface area contributed by atoms with E-state index < -0.39 is 9.84 Å². The lowest BCUT2D eigenvalue weighted by atomic mass is 9.91. The monoisotopic (exact) mass is 489 g/mol. The quantitative estimate of drug-likeness (QED) is 0.492. The van der Waals surface area contributed by atoms with Crippen LogP contribution in [-0.4, -0.2) is 48.0 Å². The van der Waals surface area contributed by atoms with Crippen molar-refractivity contribution in [2.75, 3.05) is 13.2 Å². The van der Waals surface area contributed by atoms with E-state index in [-0.39, 0.29) is 34.3 Å². The van der Waals surface area contributed by atoms with Gasteiger partial charge in [-0.1, -0.05) is 65.0 Å². The van der Waals surface area contributed by atoms with Crippen molar-refractivity contribution in [1.29, 1.82) is 0 Å². The van der Waals surface area contributed by atoms with Gasteiger partial charge in [0.2, 0.25) is 20.9 Å². The number of hydrogen-bond donors (Lipinski definition) is 0. The number of hydrogen-bond acceptors (Lipinski definition) is 5. The van der Waals surface area contributed by atoms with Crippen molar-refractivity contribution < 1.29 is 17.9 Å². The van der Waals surface area contributed by atoms with Crippen LogP contribution >= 0.6 is 0 Å². The largest absolute Gasteiger partial charge is 0.376 e. The molecule has 8 heteroatoms. The second kappa shape index (κ2) is 11.0. The van der Waals surface area contributed by atoms with Gasteiger partial charge >= 0.3 is 0 Å². The van der Waals surface area contributed by atoms with Crippen molar-refractivity contribution in [2.45, 2.75) is 84.0 Å². The molecule has 1 fully saturated rings. The molecule has 0 radical (unpaired) electrons. The second-order valence-corrected chi connectivity index (χ2v) is 12.8. The molecule has 1 aromatic carbocycles. The van der Waals surface area contributed by atoms with Crippen LogP contribution in [-0.2, 0) is 38.2 Å². The van der Waals surface area contributed by atoms with Crippen molar-refractivity contribution in [2.24, 2.45) is 11.3 Å². The molecule has 0 saturated carbocycles. The van der Waals surface area contributed by atoms with Crippen LogP contribution < -0.4 is 0 Å². The van der Waals surface area contributed by atoms with E-state index in [4.69, 9.17) is 4.74 Å². The number of amides is 1. The molecule has 1 saturated heterocycles. The fourth-order valence-electron chi connectivity index (χ4n) is 4.23. The van der Waals surface area contributed by atoms with Gasteiger partial charge in [0.15, 0.2) is 0 Å². The lowest BCUT2D eigenvalue weighted by molar-refractivity contribution is -0.135. The molecule has 3 rings (SSSR count). The number of ether oxygens (including phenoxy) is 1. The molecule has 0 N–H and O–H groups in total. The molecule has 0 unspecified atom stereocenters. The Morgan fingerprint density at radius 2 is 1.94 bits per heavy atom. The van der Waals surface area contributed by atoms with E-state index >= 15 is 0 Å². The minimum Gasteiger partial charge on any atom is -0.376 e. The Kier molecular flexibility index (Phi) is 8.57. The van der Waals surface area contributed by atoms with Crippen LogP contribution in [0.25, 0.3) is 0 Å². The molecule has 2 aromatic rings. The Balaban J connectivity index is 1.91. The molecular formula is C26H39N3O4S. The summed E-state index contributed by atoms with van der Waals surface area (Å²) in [4.78, 5) is 19.4. The summed E-state index contributed by atoms with van der Waals surface area (Å²) in [5.41, 5.74) is 1.32. The maximum absolute atomic E-state index is 13.3. The lowest BCUT2D eigenvalue weighted by Crippen LogP contribution is -2.39. The molecule has 1 amide bonds. The predicted octanol–water partition coefficient (Wildman–Crippen LogP) is 4.46. The molecule has 2 heterocycles. The number of imidazole rings is 1. The van der Waals surface area contributed by atoms with E-state index in [1.54, 1.807) is 10.8 Å². The number of rotatable bonds is 10. The standard InChI is InChI=1S/C26H39N3O4S/c1-20(2)16-29-22(15-27-25(29)34(31,32)19-21-10-7-6-8-11-21)17-28(18-23-12-9-13-33-23)24(30)14-26(3,4)5/h6-8,10-11,15,20,23H,9,12-14,16-19H2,1-5H3/t23-/m1/s1. The summed E-state index contributed by atoms with van der Waals surface area (Å²) >= 11 is 0. The van der Waals surface area contributed by atoms with E-state index in [9.17, 15) is 13.2 Å². The minimum atomic E-state index is -3.65. The highest BCUT2D eigenvalue weighted by Crippen LogP contribution is 2.24. The third-order valence-corrected chi connectivity index (χ3v) is 7.36. The fourth-order valence-corrected chi connectivity index (χ4v) is 5.74. The summed E-state index contributed by atoms with van der Waals surface area (Å²) in [5.74, 6) is 0.162. The maximum atomic E-state index is 13.3. The molecule has 188 valence electrons. The van der Waals surface area contributed by atoms with Gasteiger partial charge in [-0.15, -0.1) is 0 Å². The SMILES string of the molecule is CC(C)Cn1c(CN(C[C@H]2CCCO2)C(=O)CC(C)(C)C)cnc1S(=O)(=O)Cc1ccccc1. The van der Waals surface area contributed by atoms with Crippen LogP contribution in [0.1, 0.15) is 65.1 Å². The molecule has 0 aliphatic carbocycles. The lowest BCUT2D eigenvalue weighted by Gasteiger charge is -2.29. The number of aromatic nitrogens is 2. The van der Waals surface area contributed by atoms with E-state index in [0.29, 0.717) is 26.1 Å². The molecule has 7 nitrogen and oxygen atoms in total. The topological polar surface area (TPSA) is 81.5 Å². The first-order chi connectivity index (χ1) is 15.9. The summed E-state index contributed by atoms with van der Waals surface area (Å²) < 4.78 is 34.2. The number of nitrogens with zero attached hydrogens (tertiary/aromatic N) is 3. The average Bonchev–Trinajstić information content (AvgIpc) is 3.37. The van der Waals surface area contributed by atoms with Gasteiger partial charge in [0.1, 0.15) is 0 Å². The summed E-state index contributed by atoms with van der Waals surface area (Å²) in [6.45, 7) is 12.3. The van der Waals surface area contributed by atoms with Gasteiger partial charge in [-0.3, -0.25) is 4.79 Å². The van der Waals surface area contributed by atoms with E-state index in [1.807, 2.05) is 69.9 Å². The second-order valence-electron chi connectivity index (χ2n) is 10.9. The van der Waals surface area contributed by atoms with Crippen LogP contribution in [0.3, 0.4) is 0 Å². The van der Waals surface area contributed by atoms with E-state index in [2.05, 4.69) is 4.98 Å². The van der Waals surface area contributed by atoms with Gasteiger partial charge in [0.25, 0.3) is 0 Å². The zero-order chi connectivity index (χ0) is 24.9. The van der Waals surface area contributed by atoms with Crippen LogP contribution in [0.15, 0.2) is 41.7 Å². The van der Waals surface area contributed by atoms with Gasteiger partial charge in [0, 0.05) is 26.1 Å². The molecular weight excluding hydrogens is 450 g/mol. The third kappa shape index (κ3) is 7.40. The van der Waals surface area contributed by atoms with Crippen LogP contribution in [0.4, 0.5) is 0 Å². The molecule has 0 bridgehead atoms. The van der Waals surface area contributed by atoms with Crippen molar-refractivity contribution >= 4 is 15.7 Å². The van der Waals surface area contributed by atoms with Crippen LogP contribution in [0.5, 0.6) is 0 Å². The van der Waals surface area contributed by atoms with Crippen LogP contribution in [0.2, 0.25) is 0 Å². The molecule has 0 spiro atoms. The molecule has 1 aromatic heterocycles. The summed E-state index contributed by atoms with van der Waals surface area (Å²) in [6.07, 6.45) is 3.98. The summed E-state index contributed by atoms with van der Waals surface area (Å²) in [7, 11) is -3.65. The normalized spacial score (nSPS) is 16.8. The Morgan fingerprint density at radius 1 is 1.24 bits per heavy atom. The highest BCUT2D eigenvalue weighted by Gasteiger charge is 2.29. The molecule has 1 aliphatic heterocycles. The van der Waals surface area contributed by atoms with Crippen molar-refractivity contribution in [3.05, 3.63) is 47.8 Å². The highest BCUT2D eigenvalue weighted by atomic mass is 32.2. The van der Waals surface area contributed by atoms with Crippen molar-refractivity contribution in [3.8, 4) is 0 Å². The van der Waals surface area contributed by atoms with E-state index in [1.165, 1.54) is 0 Å². The number of carbonyl (C=O) groups excluding carboxylic acids is 1. The van der Waals surface area contributed by atoms with Gasteiger partial charge in [-0.05, 0) is 29.7 Å². The molecule has 1 aliphatic rings. The number of sulfone groups is 1. The summed E-state index contributed by atoms with van der Waals surface area (Å²) in [6, 6.07) is 9.15. The van der Waals surface area contributed by atoms with Crippen molar-refractivity contribution in [3.63, 3.8) is 0 Å². The Bertz CT molecular complexity index is 1050. The zero-order valence-electron chi connectivity index (χ0n) is 21.2. The third-order valence-electron chi connectivity index (χ3n) is 5.76. The smallest absolute Gasteiger partial charge is 0.228 e. The maximum Gasteiger partial charge on any atom is 0.228 e. The average molecular weight is 490 g/mol. The highest BCUT2D eigenvalue weighted by molar-refractivity contribution is 7.90. The Hall–Kier alpha value is -2.19. The number of carbonyl (C=O) groups is 1. The first kappa shape index (κ1) is 26.4. The first-order valence-electron chi connectivity index (χ1n) is 12.1.